The number of carbonyl (C=O) groups excluding carboxylic acids is 3. The first-order valence-electron chi connectivity index (χ1n) is 13.5. The van der Waals surface area contributed by atoms with Crippen LogP contribution in [0, 0.1) is 17.2 Å². The molecule has 2 aliphatic rings. The molecular formula is C32H32N4O4. The van der Waals surface area contributed by atoms with Crippen LogP contribution in [-0.4, -0.2) is 48.9 Å². The van der Waals surface area contributed by atoms with Crippen LogP contribution >= 0.6 is 0 Å². The van der Waals surface area contributed by atoms with Gasteiger partial charge < -0.3 is 15.0 Å². The van der Waals surface area contributed by atoms with Crippen LogP contribution in [0.25, 0.3) is 11.1 Å². The molecule has 2 atom stereocenters. The topological polar surface area (TPSA) is 112 Å². The Labute approximate surface area is 233 Å². The number of benzene rings is 3. The zero-order chi connectivity index (χ0) is 28.1. The minimum absolute atomic E-state index is 0.0414. The van der Waals surface area contributed by atoms with E-state index >= 15 is 0 Å². The van der Waals surface area contributed by atoms with Crippen molar-refractivity contribution in [3.8, 4) is 22.9 Å². The SMILES string of the molecule is COc1ccc(-c2ccc(C#N)cc2)cc1CN[C@H]1CCN(C(=O)C2CC(=O)NC(=O)C2)C[C@H]1c1ccccc1. The van der Waals surface area contributed by atoms with Gasteiger partial charge in [0.1, 0.15) is 5.75 Å². The molecule has 8 heteroatoms. The van der Waals surface area contributed by atoms with Gasteiger partial charge in [-0.25, -0.2) is 0 Å². The van der Waals surface area contributed by atoms with Crippen molar-refractivity contribution in [3.05, 3.63) is 89.5 Å². The molecule has 40 heavy (non-hydrogen) atoms. The molecule has 2 saturated heterocycles. The van der Waals surface area contributed by atoms with E-state index in [1.807, 2.05) is 59.5 Å². The lowest BCUT2D eigenvalue weighted by Crippen LogP contribution is -2.52. The summed E-state index contributed by atoms with van der Waals surface area (Å²) in [5.41, 5.74) is 4.82. The van der Waals surface area contributed by atoms with Crippen LogP contribution in [0.15, 0.2) is 72.8 Å². The van der Waals surface area contributed by atoms with Gasteiger partial charge in [-0.2, -0.15) is 5.26 Å². The molecule has 204 valence electrons. The number of amides is 3. The summed E-state index contributed by atoms with van der Waals surface area (Å²) in [6, 6.07) is 26.0. The summed E-state index contributed by atoms with van der Waals surface area (Å²) in [6.45, 7) is 1.64. The molecule has 3 aromatic rings. The third-order valence-corrected chi connectivity index (χ3v) is 7.83. The molecule has 2 heterocycles. The fraction of sp³-hybridized carbons (Fsp3) is 0.312. The Morgan fingerprint density at radius 1 is 1.02 bits per heavy atom. The van der Waals surface area contributed by atoms with Crippen LogP contribution in [0.4, 0.5) is 0 Å². The number of likely N-dealkylation sites (tertiary alicyclic amines) is 1. The highest BCUT2D eigenvalue weighted by Crippen LogP contribution is 2.31. The van der Waals surface area contributed by atoms with Crippen LogP contribution in [0.2, 0.25) is 0 Å². The Morgan fingerprint density at radius 2 is 1.73 bits per heavy atom. The molecule has 8 nitrogen and oxygen atoms in total. The number of rotatable bonds is 7. The third-order valence-electron chi connectivity index (χ3n) is 7.83. The molecule has 5 rings (SSSR count). The van der Waals surface area contributed by atoms with E-state index in [0.717, 1.165) is 34.4 Å². The Kier molecular flexibility index (Phi) is 8.23. The number of piperidine rings is 2. The van der Waals surface area contributed by atoms with E-state index in [9.17, 15) is 14.4 Å². The Balaban J connectivity index is 1.33. The number of imide groups is 1. The highest BCUT2D eigenvalue weighted by atomic mass is 16.5. The molecule has 2 fully saturated rings. The van der Waals surface area contributed by atoms with Crippen molar-refractivity contribution in [1.82, 2.24) is 15.5 Å². The number of ether oxygens (including phenoxy) is 1. The average molecular weight is 537 g/mol. The first-order chi connectivity index (χ1) is 19.4. The zero-order valence-corrected chi connectivity index (χ0v) is 22.4. The van der Waals surface area contributed by atoms with E-state index < -0.39 is 5.92 Å². The van der Waals surface area contributed by atoms with Crippen LogP contribution in [-0.2, 0) is 20.9 Å². The number of nitrogens with zero attached hydrogens (tertiary/aromatic N) is 2. The molecule has 3 amide bonds. The predicted molar refractivity (Wildman–Crippen MR) is 150 cm³/mol. The summed E-state index contributed by atoms with van der Waals surface area (Å²) >= 11 is 0. The zero-order valence-electron chi connectivity index (χ0n) is 22.4. The molecular weight excluding hydrogens is 504 g/mol. The summed E-state index contributed by atoms with van der Waals surface area (Å²) in [5, 5.41) is 15.1. The summed E-state index contributed by atoms with van der Waals surface area (Å²) in [7, 11) is 1.66. The molecule has 0 radical (unpaired) electrons. The lowest BCUT2D eigenvalue weighted by molar-refractivity contribution is -0.146. The fourth-order valence-corrected chi connectivity index (χ4v) is 5.72. The van der Waals surface area contributed by atoms with Gasteiger partial charge in [-0.1, -0.05) is 48.5 Å². The van der Waals surface area contributed by atoms with E-state index in [1.165, 1.54) is 0 Å². The van der Waals surface area contributed by atoms with Crippen molar-refractivity contribution in [2.75, 3.05) is 20.2 Å². The van der Waals surface area contributed by atoms with Crippen LogP contribution in [0.5, 0.6) is 5.75 Å². The van der Waals surface area contributed by atoms with Crippen molar-refractivity contribution in [1.29, 1.82) is 5.26 Å². The smallest absolute Gasteiger partial charge is 0.227 e. The maximum Gasteiger partial charge on any atom is 0.227 e. The van der Waals surface area contributed by atoms with Crippen molar-refractivity contribution in [2.24, 2.45) is 5.92 Å². The van der Waals surface area contributed by atoms with Gasteiger partial charge >= 0.3 is 0 Å². The number of nitrogens with one attached hydrogen (secondary N) is 2. The third kappa shape index (κ3) is 6.05. The normalized spacial score (nSPS) is 19.6. The molecule has 0 aromatic heterocycles. The molecule has 0 bridgehead atoms. The number of methoxy groups -OCH3 is 1. The lowest BCUT2D eigenvalue weighted by Gasteiger charge is -2.41. The van der Waals surface area contributed by atoms with Gasteiger partial charge in [-0.05, 0) is 47.4 Å². The second kappa shape index (κ2) is 12.1. The molecule has 0 saturated carbocycles. The highest BCUT2D eigenvalue weighted by molar-refractivity contribution is 6.02. The summed E-state index contributed by atoms with van der Waals surface area (Å²) < 4.78 is 5.66. The van der Waals surface area contributed by atoms with Gasteiger partial charge in [0, 0.05) is 50.0 Å². The van der Waals surface area contributed by atoms with Crippen molar-refractivity contribution < 1.29 is 19.1 Å². The quantitative estimate of drug-likeness (QED) is 0.445. The van der Waals surface area contributed by atoms with E-state index in [0.29, 0.717) is 25.2 Å². The van der Waals surface area contributed by atoms with Gasteiger partial charge in [-0.15, -0.1) is 0 Å². The largest absolute Gasteiger partial charge is 0.496 e. The predicted octanol–water partition coefficient (Wildman–Crippen LogP) is 3.76. The summed E-state index contributed by atoms with van der Waals surface area (Å²) in [4.78, 5) is 38.9. The van der Waals surface area contributed by atoms with E-state index in [4.69, 9.17) is 10.00 Å². The Hall–Kier alpha value is -4.48. The number of nitriles is 1. The van der Waals surface area contributed by atoms with E-state index in [-0.39, 0.29) is 42.5 Å². The maximum atomic E-state index is 13.3. The second-order valence-corrected chi connectivity index (χ2v) is 10.4. The summed E-state index contributed by atoms with van der Waals surface area (Å²) in [6.07, 6.45) is 0.831. The van der Waals surface area contributed by atoms with Crippen LogP contribution in [0.1, 0.15) is 41.9 Å². The molecule has 0 unspecified atom stereocenters. The van der Waals surface area contributed by atoms with Gasteiger partial charge in [0.05, 0.1) is 24.7 Å². The minimum atomic E-state index is -0.601. The van der Waals surface area contributed by atoms with Crippen LogP contribution < -0.4 is 15.4 Å². The molecule has 0 aliphatic carbocycles. The summed E-state index contributed by atoms with van der Waals surface area (Å²) in [5.74, 6) is -0.671. The molecule has 3 aromatic carbocycles. The van der Waals surface area contributed by atoms with Gasteiger partial charge in [0.25, 0.3) is 0 Å². The van der Waals surface area contributed by atoms with E-state index in [1.54, 1.807) is 7.11 Å². The first-order valence-corrected chi connectivity index (χ1v) is 13.5. The fourth-order valence-electron chi connectivity index (χ4n) is 5.72. The second-order valence-electron chi connectivity index (χ2n) is 10.4. The van der Waals surface area contributed by atoms with Crippen molar-refractivity contribution in [2.45, 2.75) is 37.8 Å². The highest BCUT2D eigenvalue weighted by Gasteiger charge is 2.37. The van der Waals surface area contributed by atoms with Crippen LogP contribution in [0.3, 0.4) is 0 Å². The lowest BCUT2D eigenvalue weighted by atomic mass is 9.84. The maximum absolute atomic E-state index is 13.3. The minimum Gasteiger partial charge on any atom is -0.496 e. The van der Waals surface area contributed by atoms with Crippen molar-refractivity contribution >= 4 is 17.7 Å². The van der Waals surface area contributed by atoms with Gasteiger partial charge in [0.2, 0.25) is 17.7 Å². The van der Waals surface area contributed by atoms with Gasteiger partial charge in [0.15, 0.2) is 0 Å². The Morgan fingerprint density at radius 3 is 2.40 bits per heavy atom. The number of hydrogen-bond acceptors (Lipinski definition) is 6. The molecule has 0 spiro atoms. The molecule has 2 aliphatic heterocycles. The standard InChI is InChI=1S/C32H32N4O4/c1-40-29-12-11-24(22-9-7-21(18-33)8-10-22)15-26(29)19-34-28-13-14-36(20-27(28)23-5-3-2-4-6-23)32(39)25-16-30(37)35-31(38)17-25/h2-12,15,25,27-28,34H,13-14,16-17,19-20H2,1H3,(H,35,37,38)/t27-,28-/m0/s1. The first kappa shape index (κ1) is 27.1. The monoisotopic (exact) mass is 536 g/mol. The average Bonchev–Trinajstić information content (AvgIpc) is 2.99. The Bertz CT molecular complexity index is 1420. The number of carbonyl (C=O) groups is 3. The van der Waals surface area contributed by atoms with E-state index in [2.05, 4.69) is 34.9 Å². The number of hydrogen-bond donors (Lipinski definition) is 2. The van der Waals surface area contributed by atoms with Gasteiger partial charge in [-0.3, -0.25) is 19.7 Å². The molecule has 2 N–H and O–H groups in total. The van der Waals surface area contributed by atoms with Crippen molar-refractivity contribution in [3.63, 3.8) is 0 Å².